The first-order valence-corrected chi connectivity index (χ1v) is 6.65. The number of ether oxygens (including phenoxy) is 1. The fraction of sp³-hybridized carbons (Fsp3) is 0.846. The van der Waals surface area contributed by atoms with E-state index in [1.807, 2.05) is 6.92 Å². The van der Waals surface area contributed by atoms with E-state index in [9.17, 15) is 9.59 Å². The molecule has 5 nitrogen and oxygen atoms in total. The molecular weight excluding hydrogens is 232 g/mol. The summed E-state index contributed by atoms with van der Waals surface area (Å²) in [5, 5.41) is 6.24. The van der Waals surface area contributed by atoms with Crippen LogP contribution in [0.3, 0.4) is 0 Å². The monoisotopic (exact) mass is 254 g/mol. The molecular formula is C13H22N2O3. The molecule has 0 aromatic carbocycles. The summed E-state index contributed by atoms with van der Waals surface area (Å²) in [4.78, 5) is 23.2. The van der Waals surface area contributed by atoms with Crippen LogP contribution >= 0.6 is 0 Å². The fourth-order valence-electron chi connectivity index (χ4n) is 2.92. The van der Waals surface area contributed by atoms with Crippen molar-refractivity contribution >= 4 is 11.9 Å². The Bertz CT molecular complexity index is 337. The largest absolute Gasteiger partial charge is 0.469 e. The van der Waals surface area contributed by atoms with Crippen LogP contribution in [0.5, 0.6) is 0 Å². The van der Waals surface area contributed by atoms with Crippen molar-refractivity contribution in [2.75, 3.05) is 20.2 Å². The minimum atomic E-state index is -0.282. The zero-order valence-electron chi connectivity index (χ0n) is 11.1. The molecule has 1 saturated carbocycles. The molecule has 1 saturated heterocycles. The number of piperidine rings is 1. The average molecular weight is 254 g/mol. The maximum atomic E-state index is 12.1. The summed E-state index contributed by atoms with van der Waals surface area (Å²) in [5.41, 5.74) is 0.250. The number of carbonyl (C=O) groups is 2. The van der Waals surface area contributed by atoms with Gasteiger partial charge in [-0.2, -0.15) is 0 Å². The molecule has 5 heteroatoms. The number of esters is 1. The van der Waals surface area contributed by atoms with Gasteiger partial charge in [-0.3, -0.25) is 9.59 Å². The van der Waals surface area contributed by atoms with Crippen LogP contribution < -0.4 is 10.6 Å². The van der Waals surface area contributed by atoms with Crippen LogP contribution in [0.2, 0.25) is 0 Å². The first-order valence-electron chi connectivity index (χ1n) is 6.65. The lowest BCUT2D eigenvalue weighted by Crippen LogP contribution is -2.38. The number of nitrogens with one attached hydrogen (secondary N) is 2. The summed E-state index contributed by atoms with van der Waals surface area (Å²) in [5.74, 6) is -0.0248. The molecule has 1 heterocycles. The van der Waals surface area contributed by atoms with Gasteiger partial charge < -0.3 is 15.4 Å². The predicted molar refractivity (Wildman–Crippen MR) is 66.9 cm³/mol. The highest BCUT2D eigenvalue weighted by Crippen LogP contribution is 2.58. The minimum Gasteiger partial charge on any atom is -0.469 e. The molecule has 0 aromatic heterocycles. The molecule has 2 rings (SSSR count). The molecule has 2 fully saturated rings. The van der Waals surface area contributed by atoms with Crippen LogP contribution in [-0.2, 0) is 14.3 Å². The lowest BCUT2D eigenvalue weighted by molar-refractivity contribution is -0.141. The van der Waals surface area contributed by atoms with E-state index in [0.29, 0.717) is 0 Å². The minimum absolute atomic E-state index is 0.105. The maximum absolute atomic E-state index is 12.1. The molecule has 0 bridgehead atoms. The van der Waals surface area contributed by atoms with Crippen LogP contribution in [0.4, 0.5) is 0 Å². The lowest BCUT2D eigenvalue weighted by atomic mass is 9.91. The molecule has 2 unspecified atom stereocenters. The van der Waals surface area contributed by atoms with E-state index in [0.717, 1.165) is 32.4 Å². The van der Waals surface area contributed by atoms with Gasteiger partial charge in [0.05, 0.1) is 13.5 Å². The van der Waals surface area contributed by atoms with Gasteiger partial charge in [0.15, 0.2) is 0 Å². The highest BCUT2D eigenvalue weighted by molar-refractivity contribution is 5.83. The van der Waals surface area contributed by atoms with Gasteiger partial charge in [0.2, 0.25) is 5.91 Å². The normalized spacial score (nSPS) is 26.4. The van der Waals surface area contributed by atoms with E-state index in [-0.39, 0.29) is 35.7 Å². The van der Waals surface area contributed by atoms with Gasteiger partial charge in [0.1, 0.15) is 0 Å². The van der Waals surface area contributed by atoms with Crippen molar-refractivity contribution < 1.29 is 14.3 Å². The third kappa shape index (κ3) is 2.83. The van der Waals surface area contributed by atoms with Crippen molar-refractivity contribution in [3.8, 4) is 0 Å². The Morgan fingerprint density at radius 1 is 1.44 bits per heavy atom. The van der Waals surface area contributed by atoms with E-state index in [2.05, 4.69) is 15.4 Å². The van der Waals surface area contributed by atoms with Crippen molar-refractivity contribution in [3.05, 3.63) is 0 Å². The standard InChI is InChI=1S/C13H22N2O3/c1-9(7-11(16)18-2)15-12(17)10-8-13(10)3-5-14-6-4-13/h9-10,14H,3-8H2,1-2H3,(H,15,17). The SMILES string of the molecule is COC(=O)CC(C)NC(=O)C1CC12CCNCC2. The van der Waals surface area contributed by atoms with Gasteiger partial charge >= 0.3 is 5.97 Å². The van der Waals surface area contributed by atoms with Gasteiger partial charge in [-0.05, 0) is 44.7 Å². The van der Waals surface area contributed by atoms with E-state index in [4.69, 9.17) is 0 Å². The number of carbonyl (C=O) groups excluding carboxylic acids is 2. The summed E-state index contributed by atoms with van der Waals surface area (Å²) in [6.45, 7) is 3.87. The zero-order chi connectivity index (χ0) is 13.2. The lowest BCUT2D eigenvalue weighted by Gasteiger charge is -2.23. The van der Waals surface area contributed by atoms with Crippen LogP contribution in [0, 0.1) is 11.3 Å². The maximum Gasteiger partial charge on any atom is 0.307 e. The van der Waals surface area contributed by atoms with E-state index >= 15 is 0 Å². The van der Waals surface area contributed by atoms with Gasteiger partial charge in [-0.25, -0.2) is 0 Å². The highest BCUT2D eigenvalue weighted by atomic mass is 16.5. The molecule has 102 valence electrons. The van der Waals surface area contributed by atoms with Gasteiger partial charge in [-0.15, -0.1) is 0 Å². The van der Waals surface area contributed by atoms with Crippen LogP contribution in [0.15, 0.2) is 0 Å². The summed E-state index contributed by atoms with van der Waals surface area (Å²) in [6, 6.07) is -0.149. The van der Waals surface area contributed by atoms with Gasteiger partial charge in [-0.1, -0.05) is 0 Å². The third-order valence-corrected chi connectivity index (χ3v) is 4.19. The van der Waals surface area contributed by atoms with E-state index in [1.54, 1.807) is 0 Å². The topological polar surface area (TPSA) is 67.4 Å². The number of methoxy groups -OCH3 is 1. The number of amides is 1. The second-order valence-corrected chi connectivity index (χ2v) is 5.56. The predicted octanol–water partition coefficient (Wildman–Crippen LogP) is 0.444. The van der Waals surface area contributed by atoms with E-state index in [1.165, 1.54) is 7.11 Å². The first-order chi connectivity index (χ1) is 8.57. The van der Waals surface area contributed by atoms with Crippen LogP contribution in [0.25, 0.3) is 0 Å². The summed E-state index contributed by atoms with van der Waals surface area (Å²) >= 11 is 0. The Kier molecular flexibility index (Phi) is 3.90. The van der Waals surface area contributed by atoms with Crippen molar-refractivity contribution in [2.45, 2.75) is 38.6 Å². The van der Waals surface area contributed by atoms with Crippen LogP contribution in [-0.4, -0.2) is 38.1 Å². The van der Waals surface area contributed by atoms with Gasteiger partial charge in [0.25, 0.3) is 0 Å². The Morgan fingerprint density at radius 2 is 2.11 bits per heavy atom. The molecule has 2 N–H and O–H groups in total. The van der Waals surface area contributed by atoms with E-state index < -0.39 is 0 Å². The number of hydrogen-bond acceptors (Lipinski definition) is 4. The zero-order valence-corrected chi connectivity index (χ0v) is 11.1. The molecule has 2 atom stereocenters. The Labute approximate surface area is 108 Å². The Balaban J connectivity index is 1.77. The number of hydrogen-bond donors (Lipinski definition) is 2. The van der Waals surface area contributed by atoms with Crippen LogP contribution in [0.1, 0.15) is 32.6 Å². The Morgan fingerprint density at radius 3 is 2.72 bits per heavy atom. The van der Waals surface area contributed by atoms with Crippen molar-refractivity contribution in [3.63, 3.8) is 0 Å². The summed E-state index contributed by atoms with van der Waals surface area (Å²) in [7, 11) is 1.36. The number of rotatable bonds is 4. The molecule has 1 aliphatic carbocycles. The van der Waals surface area contributed by atoms with Gasteiger partial charge in [0, 0.05) is 12.0 Å². The second-order valence-electron chi connectivity index (χ2n) is 5.56. The fourth-order valence-corrected chi connectivity index (χ4v) is 2.92. The highest BCUT2D eigenvalue weighted by Gasteiger charge is 2.57. The smallest absolute Gasteiger partial charge is 0.307 e. The molecule has 18 heavy (non-hydrogen) atoms. The molecule has 1 aliphatic heterocycles. The quantitative estimate of drug-likeness (QED) is 0.715. The summed E-state index contributed by atoms with van der Waals surface area (Å²) in [6.07, 6.45) is 3.43. The Hall–Kier alpha value is -1.10. The van der Waals surface area contributed by atoms with Crippen molar-refractivity contribution in [1.29, 1.82) is 0 Å². The van der Waals surface area contributed by atoms with Crippen molar-refractivity contribution in [2.24, 2.45) is 11.3 Å². The summed E-state index contributed by atoms with van der Waals surface area (Å²) < 4.78 is 4.59. The van der Waals surface area contributed by atoms with Crippen molar-refractivity contribution in [1.82, 2.24) is 10.6 Å². The third-order valence-electron chi connectivity index (χ3n) is 4.19. The first kappa shape index (κ1) is 13.3. The second kappa shape index (κ2) is 5.26. The molecule has 1 amide bonds. The molecule has 2 aliphatic rings. The molecule has 0 aromatic rings. The molecule has 1 spiro atoms. The average Bonchev–Trinajstić information content (AvgIpc) is 3.03. The molecule has 0 radical (unpaired) electrons.